The zero-order valence-corrected chi connectivity index (χ0v) is 12.4. The molecule has 1 aromatic heterocycles. The van der Waals surface area contributed by atoms with Crippen LogP contribution < -0.4 is 5.56 Å². The van der Waals surface area contributed by atoms with Crippen LogP contribution in [-0.2, 0) is 24.6 Å². The van der Waals surface area contributed by atoms with Crippen LogP contribution in [0.4, 0.5) is 0 Å². The van der Waals surface area contributed by atoms with Gasteiger partial charge in [0.05, 0.1) is 6.61 Å². The van der Waals surface area contributed by atoms with Crippen LogP contribution in [0.15, 0.2) is 4.79 Å². The Morgan fingerprint density at radius 1 is 1.45 bits per heavy atom. The summed E-state index contributed by atoms with van der Waals surface area (Å²) < 4.78 is 6.34. The van der Waals surface area contributed by atoms with Crippen molar-refractivity contribution in [3.63, 3.8) is 0 Å². The molecule has 0 amide bonds. The molecule has 0 aliphatic heterocycles. The van der Waals surface area contributed by atoms with E-state index in [4.69, 9.17) is 4.74 Å². The predicted octanol–water partition coefficient (Wildman–Crippen LogP) is 1.78. The summed E-state index contributed by atoms with van der Waals surface area (Å²) in [6.45, 7) is 6.07. The van der Waals surface area contributed by atoms with E-state index in [9.17, 15) is 14.7 Å². The van der Waals surface area contributed by atoms with E-state index in [0.29, 0.717) is 12.0 Å². The Morgan fingerprint density at radius 2 is 2.10 bits per heavy atom. The van der Waals surface area contributed by atoms with Crippen LogP contribution in [0.3, 0.4) is 0 Å². The molecule has 0 atom stereocenters. The molecule has 0 bridgehead atoms. The fraction of sp³-hybridized carbons (Fsp3) is 0.600. The molecule has 1 aliphatic rings. The third kappa shape index (κ3) is 2.32. The first-order valence-electron chi connectivity index (χ1n) is 6.89. The highest BCUT2D eigenvalue weighted by atomic mass is 16.5. The first kappa shape index (κ1) is 14.6. The lowest BCUT2D eigenvalue weighted by atomic mass is 9.75. The van der Waals surface area contributed by atoms with Crippen molar-refractivity contribution in [2.45, 2.75) is 40.0 Å². The molecule has 5 nitrogen and oxygen atoms in total. The summed E-state index contributed by atoms with van der Waals surface area (Å²) in [5.41, 5.74) is 0.838. The van der Waals surface area contributed by atoms with Gasteiger partial charge in [-0.2, -0.15) is 0 Å². The number of pyridine rings is 1. The molecule has 0 fully saturated rings. The van der Waals surface area contributed by atoms with Gasteiger partial charge in [-0.1, -0.05) is 13.8 Å². The van der Waals surface area contributed by atoms with E-state index in [1.54, 1.807) is 14.0 Å². The van der Waals surface area contributed by atoms with Crippen LogP contribution in [0.5, 0.6) is 5.75 Å². The van der Waals surface area contributed by atoms with Gasteiger partial charge < -0.3 is 14.4 Å². The minimum absolute atomic E-state index is 0.0494. The average Bonchev–Trinajstić information content (AvgIpc) is 2.36. The minimum Gasteiger partial charge on any atom is -0.506 e. The summed E-state index contributed by atoms with van der Waals surface area (Å²) in [5, 5.41) is 10.4. The standard InChI is InChI=1S/C15H21NO4/c1-5-20-14(19)11-12(17)9-8-15(2,3)7-6-10(9)16(4)13(11)18/h17H,5-8H2,1-4H3. The molecule has 1 N–H and O–H groups in total. The van der Waals surface area contributed by atoms with E-state index in [1.165, 1.54) is 4.57 Å². The van der Waals surface area contributed by atoms with Gasteiger partial charge in [0.1, 0.15) is 5.75 Å². The molecule has 110 valence electrons. The van der Waals surface area contributed by atoms with Gasteiger partial charge in [0.25, 0.3) is 5.56 Å². The maximum Gasteiger partial charge on any atom is 0.347 e. The van der Waals surface area contributed by atoms with Crippen LogP contribution in [-0.4, -0.2) is 22.2 Å². The molecule has 1 aromatic rings. The third-order valence-electron chi connectivity index (χ3n) is 3.97. The third-order valence-corrected chi connectivity index (χ3v) is 3.97. The smallest absolute Gasteiger partial charge is 0.347 e. The summed E-state index contributed by atoms with van der Waals surface area (Å²) >= 11 is 0. The van der Waals surface area contributed by atoms with E-state index < -0.39 is 11.5 Å². The molecule has 0 saturated carbocycles. The van der Waals surface area contributed by atoms with Gasteiger partial charge in [0.15, 0.2) is 5.56 Å². The zero-order chi connectivity index (χ0) is 15.1. The van der Waals surface area contributed by atoms with Crippen LogP contribution in [0.25, 0.3) is 0 Å². The second-order valence-corrected chi connectivity index (χ2v) is 6.07. The van der Waals surface area contributed by atoms with Crippen LogP contribution in [0, 0.1) is 5.41 Å². The molecule has 0 saturated heterocycles. The SMILES string of the molecule is CCOC(=O)c1c(O)c2c(n(C)c1=O)CCC(C)(C)C2. The van der Waals surface area contributed by atoms with Gasteiger partial charge in [-0.05, 0) is 31.6 Å². The molecule has 0 aromatic carbocycles. The number of rotatable bonds is 2. The fourth-order valence-electron chi connectivity index (χ4n) is 2.80. The largest absolute Gasteiger partial charge is 0.506 e. The fourth-order valence-corrected chi connectivity index (χ4v) is 2.80. The lowest BCUT2D eigenvalue weighted by Crippen LogP contribution is -2.33. The van der Waals surface area contributed by atoms with Gasteiger partial charge in [0, 0.05) is 18.3 Å². The van der Waals surface area contributed by atoms with Crippen molar-refractivity contribution in [3.05, 3.63) is 27.2 Å². The summed E-state index contributed by atoms with van der Waals surface area (Å²) in [5.74, 6) is -0.953. The first-order valence-corrected chi connectivity index (χ1v) is 6.89. The second kappa shape index (κ2) is 4.96. The summed E-state index contributed by atoms with van der Waals surface area (Å²) in [4.78, 5) is 24.1. The number of ether oxygens (including phenoxy) is 1. The lowest BCUT2D eigenvalue weighted by molar-refractivity contribution is 0.0519. The summed E-state index contributed by atoms with van der Waals surface area (Å²) in [6.07, 6.45) is 2.32. The van der Waals surface area contributed by atoms with Crippen LogP contribution >= 0.6 is 0 Å². The Labute approximate surface area is 118 Å². The molecular formula is C15H21NO4. The molecular weight excluding hydrogens is 258 g/mol. The number of carbonyl (C=O) groups is 1. The second-order valence-electron chi connectivity index (χ2n) is 6.07. The Balaban J connectivity index is 2.65. The molecule has 1 aliphatic carbocycles. The van der Waals surface area contributed by atoms with Crippen molar-refractivity contribution in [1.29, 1.82) is 0 Å². The van der Waals surface area contributed by atoms with Crippen LogP contribution in [0.2, 0.25) is 0 Å². The van der Waals surface area contributed by atoms with Gasteiger partial charge in [-0.3, -0.25) is 4.79 Å². The Bertz CT molecular complexity index is 613. The molecule has 0 radical (unpaired) electrons. The quantitative estimate of drug-likeness (QED) is 0.838. The van der Waals surface area contributed by atoms with Gasteiger partial charge in [-0.25, -0.2) is 4.79 Å². The Morgan fingerprint density at radius 3 is 2.70 bits per heavy atom. The number of hydrogen-bond donors (Lipinski definition) is 1. The van der Waals surface area contributed by atoms with E-state index in [1.807, 2.05) is 0 Å². The molecule has 0 spiro atoms. The number of carbonyl (C=O) groups excluding carboxylic acids is 1. The van der Waals surface area contributed by atoms with Gasteiger partial charge in [0.2, 0.25) is 0 Å². The number of esters is 1. The molecule has 0 unspecified atom stereocenters. The van der Waals surface area contributed by atoms with E-state index in [0.717, 1.165) is 18.5 Å². The maximum absolute atomic E-state index is 12.2. The molecule has 1 heterocycles. The Kier molecular flexibility index (Phi) is 3.63. The number of aromatic hydroxyl groups is 1. The topological polar surface area (TPSA) is 68.5 Å². The van der Waals surface area contributed by atoms with E-state index in [2.05, 4.69) is 13.8 Å². The highest BCUT2D eigenvalue weighted by Crippen LogP contribution is 2.38. The van der Waals surface area contributed by atoms with Gasteiger partial charge in [-0.15, -0.1) is 0 Å². The van der Waals surface area contributed by atoms with E-state index >= 15 is 0 Å². The lowest BCUT2D eigenvalue weighted by Gasteiger charge is -2.33. The predicted molar refractivity (Wildman–Crippen MR) is 75.1 cm³/mol. The van der Waals surface area contributed by atoms with Crippen molar-refractivity contribution < 1.29 is 14.6 Å². The highest BCUT2D eigenvalue weighted by Gasteiger charge is 2.33. The van der Waals surface area contributed by atoms with E-state index in [-0.39, 0.29) is 23.3 Å². The molecule has 2 rings (SSSR count). The maximum atomic E-state index is 12.2. The van der Waals surface area contributed by atoms with Gasteiger partial charge >= 0.3 is 5.97 Å². The minimum atomic E-state index is -0.753. The highest BCUT2D eigenvalue weighted by molar-refractivity contribution is 5.92. The average molecular weight is 279 g/mol. The van der Waals surface area contributed by atoms with Crippen LogP contribution in [0.1, 0.15) is 48.8 Å². The van der Waals surface area contributed by atoms with Crippen molar-refractivity contribution in [1.82, 2.24) is 4.57 Å². The molecule has 20 heavy (non-hydrogen) atoms. The number of nitrogens with zero attached hydrogens (tertiary/aromatic N) is 1. The summed E-state index contributed by atoms with van der Waals surface area (Å²) in [6, 6.07) is 0. The Hall–Kier alpha value is -1.78. The normalized spacial score (nSPS) is 16.6. The van der Waals surface area contributed by atoms with Crippen molar-refractivity contribution >= 4 is 5.97 Å². The van der Waals surface area contributed by atoms with Crippen molar-refractivity contribution in [2.75, 3.05) is 6.61 Å². The monoisotopic (exact) mass is 279 g/mol. The van der Waals surface area contributed by atoms with Crippen molar-refractivity contribution in [3.8, 4) is 5.75 Å². The number of aromatic nitrogens is 1. The first-order chi connectivity index (χ1) is 9.28. The molecule has 5 heteroatoms. The number of hydrogen-bond acceptors (Lipinski definition) is 4. The number of fused-ring (bicyclic) bond motifs is 1. The zero-order valence-electron chi connectivity index (χ0n) is 12.4. The van der Waals surface area contributed by atoms with Crippen molar-refractivity contribution in [2.24, 2.45) is 12.5 Å². The summed E-state index contributed by atoms with van der Waals surface area (Å²) in [7, 11) is 1.64.